The van der Waals surface area contributed by atoms with Crippen LogP contribution >= 0.6 is 0 Å². The van der Waals surface area contributed by atoms with E-state index in [4.69, 9.17) is 0 Å². The zero-order valence-corrected chi connectivity index (χ0v) is 17.4. The largest absolute Gasteiger partial charge is 0.352 e. The lowest BCUT2D eigenvalue weighted by molar-refractivity contribution is -0.123. The molecule has 0 spiro atoms. The first kappa shape index (κ1) is 20.9. The first-order valence-corrected chi connectivity index (χ1v) is 10.8. The maximum atomic E-state index is 13.5. The van der Waals surface area contributed by atoms with Gasteiger partial charge in [0.25, 0.3) is 0 Å². The van der Waals surface area contributed by atoms with Crippen molar-refractivity contribution in [1.82, 2.24) is 15.1 Å². The van der Waals surface area contributed by atoms with Gasteiger partial charge in [-0.25, -0.2) is 8.78 Å². The van der Waals surface area contributed by atoms with Gasteiger partial charge in [-0.1, -0.05) is 24.3 Å². The van der Waals surface area contributed by atoms with Crippen LogP contribution in [0.15, 0.2) is 48.5 Å². The third-order valence-corrected chi connectivity index (χ3v) is 6.23. The second-order valence-electron chi connectivity index (χ2n) is 8.51. The molecule has 30 heavy (non-hydrogen) atoms. The first-order chi connectivity index (χ1) is 14.5. The number of hydrogen-bond donors (Lipinski definition) is 1. The van der Waals surface area contributed by atoms with Crippen LogP contribution in [0.3, 0.4) is 0 Å². The van der Waals surface area contributed by atoms with Crippen molar-refractivity contribution in [2.45, 2.75) is 31.8 Å². The zero-order valence-electron chi connectivity index (χ0n) is 17.4. The summed E-state index contributed by atoms with van der Waals surface area (Å²) < 4.78 is 26.9. The predicted molar refractivity (Wildman–Crippen MR) is 113 cm³/mol. The van der Waals surface area contributed by atoms with Crippen molar-refractivity contribution < 1.29 is 13.6 Å². The number of carbonyl (C=O) groups is 1. The van der Waals surface area contributed by atoms with Crippen molar-refractivity contribution in [2.75, 3.05) is 32.7 Å². The van der Waals surface area contributed by atoms with Crippen LogP contribution in [0.5, 0.6) is 0 Å². The summed E-state index contributed by atoms with van der Waals surface area (Å²) in [7, 11) is 0. The number of nitrogens with one attached hydrogen (secondary N) is 1. The predicted octanol–water partition coefficient (Wildman–Crippen LogP) is 3.59. The van der Waals surface area contributed by atoms with Crippen molar-refractivity contribution in [2.24, 2.45) is 5.92 Å². The summed E-state index contributed by atoms with van der Waals surface area (Å²) in [6, 6.07) is 13.2. The van der Waals surface area contributed by atoms with Crippen LogP contribution in [0.25, 0.3) is 0 Å². The van der Waals surface area contributed by atoms with Gasteiger partial charge in [0.1, 0.15) is 11.6 Å². The first-order valence-electron chi connectivity index (χ1n) is 10.8. The highest BCUT2D eigenvalue weighted by molar-refractivity contribution is 5.78. The maximum absolute atomic E-state index is 13.5. The van der Waals surface area contributed by atoms with Crippen molar-refractivity contribution in [3.05, 3.63) is 71.3 Å². The molecule has 1 aliphatic heterocycles. The minimum Gasteiger partial charge on any atom is -0.352 e. The van der Waals surface area contributed by atoms with Gasteiger partial charge in [0.15, 0.2) is 0 Å². The van der Waals surface area contributed by atoms with Crippen molar-refractivity contribution >= 4 is 5.91 Å². The molecule has 2 aromatic carbocycles. The molecular weight excluding hydrogens is 384 g/mol. The molecule has 2 aliphatic rings. The fraction of sp³-hybridized carbons (Fsp3) is 0.458. The molecule has 0 radical (unpaired) electrons. The van der Waals surface area contributed by atoms with E-state index >= 15 is 0 Å². The van der Waals surface area contributed by atoms with E-state index < -0.39 is 0 Å². The lowest BCUT2D eigenvalue weighted by Gasteiger charge is -2.39. The molecule has 0 bridgehead atoms. The van der Waals surface area contributed by atoms with Crippen LogP contribution in [0, 0.1) is 17.6 Å². The Bertz CT molecular complexity index is 798. The second kappa shape index (κ2) is 9.23. The van der Waals surface area contributed by atoms with E-state index in [-0.39, 0.29) is 29.6 Å². The minimum atomic E-state index is -0.270. The average Bonchev–Trinajstić information content (AvgIpc) is 3.58. The number of hydrogen-bond acceptors (Lipinski definition) is 3. The molecule has 4 nitrogen and oxygen atoms in total. The normalized spacial score (nSPS) is 19.1. The van der Waals surface area contributed by atoms with Gasteiger partial charge >= 0.3 is 0 Å². The van der Waals surface area contributed by atoms with Gasteiger partial charge in [-0.3, -0.25) is 14.6 Å². The summed E-state index contributed by atoms with van der Waals surface area (Å²) in [4.78, 5) is 16.8. The van der Waals surface area contributed by atoms with Crippen molar-refractivity contribution in [1.29, 1.82) is 0 Å². The van der Waals surface area contributed by atoms with Crippen LogP contribution in [-0.2, 0) is 4.79 Å². The SMILES string of the molecule is C[C@H](NC(=O)CN1CCN(C(c2ccc(F)cc2)c2ccc(F)cc2)CC1)C1CC1. The Morgan fingerprint density at radius 1 is 0.933 bits per heavy atom. The van der Waals surface area contributed by atoms with Gasteiger partial charge in [0, 0.05) is 32.2 Å². The molecule has 1 saturated heterocycles. The van der Waals surface area contributed by atoms with Gasteiger partial charge in [-0.15, -0.1) is 0 Å². The zero-order chi connectivity index (χ0) is 21.1. The molecule has 2 aromatic rings. The molecule has 1 amide bonds. The van der Waals surface area contributed by atoms with E-state index in [2.05, 4.69) is 22.0 Å². The molecule has 1 heterocycles. The van der Waals surface area contributed by atoms with Gasteiger partial charge < -0.3 is 5.32 Å². The highest BCUT2D eigenvalue weighted by Crippen LogP contribution is 2.32. The standard InChI is InChI=1S/C24H29F2N3O/c1-17(18-2-3-18)27-23(30)16-28-12-14-29(15-13-28)24(19-4-8-21(25)9-5-19)20-6-10-22(26)11-7-20/h4-11,17-18,24H,2-3,12-16H2,1H3,(H,27,30)/t17-/m0/s1. The number of nitrogens with zero attached hydrogens (tertiary/aromatic N) is 2. The van der Waals surface area contributed by atoms with Crippen LogP contribution in [0.2, 0.25) is 0 Å². The highest BCUT2D eigenvalue weighted by atomic mass is 19.1. The van der Waals surface area contributed by atoms with Crippen LogP contribution in [0.4, 0.5) is 8.78 Å². The topological polar surface area (TPSA) is 35.6 Å². The lowest BCUT2D eigenvalue weighted by Crippen LogP contribution is -2.51. The number of rotatable bonds is 7. The van der Waals surface area contributed by atoms with E-state index in [1.165, 1.54) is 37.1 Å². The summed E-state index contributed by atoms with van der Waals surface area (Å²) >= 11 is 0. The van der Waals surface area contributed by atoms with Crippen molar-refractivity contribution in [3.63, 3.8) is 0 Å². The van der Waals surface area contributed by atoms with E-state index in [1.807, 2.05) is 0 Å². The summed E-state index contributed by atoms with van der Waals surface area (Å²) in [5.41, 5.74) is 1.96. The molecule has 4 rings (SSSR count). The fourth-order valence-electron chi connectivity index (χ4n) is 4.30. The van der Waals surface area contributed by atoms with Crippen LogP contribution < -0.4 is 5.32 Å². The Kier molecular flexibility index (Phi) is 6.44. The molecule has 1 atom stereocenters. The third-order valence-electron chi connectivity index (χ3n) is 6.23. The van der Waals surface area contributed by atoms with E-state index in [0.29, 0.717) is 12.5 Å². The molecule has 1 saturated carbocycles. The maximum Gasteiger partial charge on any atom is 0.234 e. The number of carbonyl (C=O) groups excluding carboxylic acids is 1. The summed E-state index contributed by atoms with van der Waals surface area (Å²) in [6.45, 7) is 5.64. The Morgan fingerprint density at radius 2 is 1.43 bits per heavy atom. The quantitative estimate of drug-likeness (QED) is 0.754. The molecule has 1 aliphatic carbocycles. The fourth-order valence-corrected chi connectivity index (χ4v) is 4.30. The molecule has 0 unspecified atom stereocenters. The van der Waals surface area contributed by atoms with E-state index in [9.17, 15) is 13.6 Å². The second-order valence-corrected chi connectivity index (χ2v) is 8.51. The van der Waals surface area contributed by atoms with Gasteiger partial charge in [-0.05, 0) is 61.1 Å². The average molecular weight is 414 g/mol. The lowest BCUT2D eigenvalue weighted by atomic mass is 9.96. The third kappa shape index (κ3) is 5.24. The van der Waals surface area contributed by atoms with Gasteiger partial charge in [0.2, 0.25) is 5.91 Å². The minimum absolute atomic E-state index is 0.0722. The Morgan fingerprint density at radius 3 is 1.90 bits per heavy atom. The van der Waals surface area contributed by atoms with Gasteiger partial charge in [0.05, 0.1) is 12.6 Å². The number of amides is 1. The molecule has 6 heteroatoms. The Balaban J connectivity index is 1.40. The molecule has 0 aromatic heterocycles. The van der Waals surface area contributed by atoms with Crippen LogP contribution in [0.1, 0.15) is 36.9 Å². The van der Waals surface area contributed by atoms with E-state index in [1.54, 1.807) is 24.3 Å². The summed E-state index contributed by atoms with van der Waals surface area (Å²) in [5.74, 6) is 0.204. The summed E-state index contributed by atoms with van der Waals surface area (Å²) in [5, 5.41) is 3.12. The molecular formula is C24H29F2N3O. The number of halogens is 2. The van der Waals surface area contributed by atoms with E-state index in [0.717, 1.165) is 37.3 Å². The van der Waals surface area contributed by atoms with Gasteiger partial charge in [-0.2, -0.15) is 0 Å². The monoisotopic (exact) mass is 413 g/mol. The number of benzene rings is 2. The number of piperazine rings is 1. The smallest absolute Gasteiger partial charge is 0.234 e. The Hall–Kier alpha value is -2.31. The molecule has 160 valence electrons. The summed E-state index contributed by atoms with van der Waals surface area (Å²) in [6.07, 6.45) is 2.43. The Labute approximate surface area is 176 Å². The van der Waals surface area contributed by atoms with Crippen molar-refractivity contribution in [3.8, 4) is 0 Å². The molecule has 1 N–H and O–H groups in total. The van der Waals surface area contributed by atoms with Crippen LogP contribution in [-0.4, -0.2) is 54.5 Å². The molecule has 2 fully saturated rings. The highest BCUT2D eigenvalue weighted by Gasteiger charge is 2.30.